The number of ether oxygens (including phenoxy) is 2. The van der Waals surface area contributed by atoms with Crippen LogP contribution >= 0.6 is 0 Å². The molecule has 0 radical (unpaired) electrons. The highest BCUT2D eigenvalue weighted by Gasteiger charge is 2.33. The molecule has 2 amide bonds. The smallest absolute Gasteiger partial charge is 0.231 e. The van der Waals surface area contributed by atoms with Gasteiger partial charge in [-0.05, 0) is 37.5 Å². The van der Waals surface area contributed by atoms with Crippen molar-refractivity contribution < 1.29 is 19.1 Å². The topological polar surface area (TPSA) is 67.9 Å². The maximum absolute atomic E-state index is 12.7. The van der Waals surface area contributed by atoms with Crippen LogP contribution in [-0.2, 0) is 9.59 Å². The van der Waals surface area contributed by atoms with Crippen molar-refractivity contribution in [2.75, 3.05) is 19.9 Å². The number of nitrogens with one attached hydrogen (secondary N) is 1. The summed E-state index contributed by atoms with van der Waals surface area (Å²) in [5.41, 5.74) is 0.555. The molecule has 2 heterocycles. The minimum atomic E-state index is -0.419. The standard InChI is InChI=1S/C20H28N2O4/c1-13(14-7-8-16-17(10-14)26-12-25-16)21-18(23)15-6-5-9-22(11-15)19(24)20(2,3)4/h7-8,10,13,15H,5-6,9,11-12H2,1-4H3,(H,21,23). The average molecular weight is 360 g/mol. The molecule has 2 atom stereocenters. The molecular formula is C20H28N2O4. The van der Waals surface area contributed by atoms with Gasteiger partial charge in [-0.1, -0.05) is 26.8 Å². The Morgan fingerprint density at radius 2 is 1.96 bits per heavy atom. The fourth-order valence-electron chi connectivity index (χ4n) is 3.45. The fraction of sp³-hybridized carbons (Fsp3) is 0.600. The van der Waals surface area contributed by atoms with Gasteiger partial charge in [-0.3, -0.25) is 9.59 Å². The minimum Gasteiger partial charge on any atom is -0.454 e. The molecule has 0 aromatic heterocycles. The van der Waals surface area contributed by atoms with E-state index in [0.29, 0.717) is 12.3 Å². The highest BCUT2D eigenvalue weighted by Crippen LogP contribution is 2.34. The Labute approximate surface area is 154 Å². The number of hydrogen-bond donors (Lipinski definition) is 1. The number of fused-ring (bicyclic) bond motifs is 1. The first kappa shape index (κ1) is 18.5. The Balaban J connectivity index is 1.61. The molecule has 1 aromatic carbocycles. The van der Waals surface area contributed by atoms with Crippen molar-refractivity contribution >= 4 is 11.8 Å². The quantitative estimate of drug-likeness (QED) is 0.900. The van der Waals surface area contributed by atoms with E-state index in [4.69, 9.17) is 9.47 Å². The molecule has 6 heteroatoms. The second-order valence-corrected chi connectivity index (χ2v) is 8.18. The molecule has 2 unspecified atom stereocenters. The molecule has 0 aliphatic carbocycles. The second kappa shape index (κ2) is 7.17. The zero-order chi connectivity index (χ0) is 18.9. The van der Waals surface area contributed by atoms with Gasteiger partial charge in [0.25, 0.3) is 0 Å². The van der Waals surface area contributed by atoms with E-state index in [-0.39, 0.29) is 30.6 Å². The molecule has 0 saturated carbocycles. The number of nitrogens with zero attached hydrogens (tertiary/aromatic N) is 1. The molecule has 1 aromatic rings. The van der Waals surface area contributed by atoms with Gasteiger partial charge in [0.05, 0.1) is 12.0 Å². The molecule has 1 fully saturated rings. The van der Waals surface area contributed by atoms with E-state index in [0.717, 1.165) is 30.7 Å². The van der Waals surface area contributed by atoms with Crippen LogP contribution in [0.15, 0.2) is 18.2 Å². The summed E-state index contributed by atoms with van der Waals surface area (Å²) >= 11 is 0. The molecule has 2 aliphatic rings. The Kier molecular flexibility index (Phi) is 5.12. The first-order valence-electron chi connectivity index (χ1n) is 9.25. The monoisotopic (exact) mass is 360 g/mol. The summed E-state index contributed by atoms with van der Waals surface area (Å²) in [5, 5.41) is 3.08. The van der Waals surface area contributed by atoms with Crippen molar-refractivity contribution in [2.45, 2.75) is 46.6 Å². The van der Waals surface area contributed by atoms with Crippen LogP contribution in [0.5, 0.6) is 11.5 Å². The van der Waals surface area contributed by atoms with Crippen LogP contribution in [0.2, 0.25) is 0 Å². The van der Waals surface area contributed by atoms with E-state index in [1.807, 2.05) is 50.8 Å². The molecule has 6 nitrogen and oxygen atoms in total. The van der Waals surface area contributed by atoms with Gasteiger partial charge < -0.3 is 19.7 Å². The van der Waals surface area contributed by atoms with Gasteiger partial charge in [0.15, 0.2) is 11.5 Å². The van der Waals surface area contributed by atoms with E-state index >= 15 is 0 Å². The van der Waals surface area contributed by atoms with Gasteiger partial charge >= 0.3 is 0 Å². The Morgan fingerprint density at radius 1 is 1.23 bits per heavy atom. The van der Waals surface area contributed by atoms with Gasteiger partial charge in [0, 0.05) is 18.5 Å². The van der Waals surface area contributed by atoms with Crippen LogP contribution in [0, 0.1) is 11.3 Å². The molecule has 0 bridgehead atoms. The number of benzene rings is 1. The molecule has 26 heavy (non-hydrogen) atoms. The highest BCUT2D eigenvalue weighted by molar-refractivity contribution is 5.84. The summed E-state index contributed by atoms with van der Waals surface area (Å²) in [5.74, 6) is 1.39. The normalized spacial score (nSPS) is 20.6. The summed E-state index contributed by atoms with van der Waals surface area (Å²) in [4.78, 5) is 27.1. The minimum absolute atomic E-state index is 0.00146. The van der Waals surface area contributed by atoms with Crippen LogP contribution < -0.4 is 14.8 Å². The Morgan fingerprint density at radius 3 is 2.69 bits per heavy atom. The predicted molar refractivity (Wildman–Crippen MR) is 97.9 cm³/mol. The van der Waals surface area contributed by atoms with Crippen LogP contribution in [0.1, 0.15) is 52.1 Å². The molecule has 1 N–H and O–H groups in total. The van der Waals surface area contributed by atoms with E-state index in [9.17, 15) is 9.59 Å². The summed E-state index contributed by atoms with van der Waals surface area (Å²) in [6.07, 6.45) is 1.67. The lowest BCUT2D eigenvalue weighted by Crippen LogP contribution is -2.48. The lowest BCUT2D eigenvalue weighted by atomic mass is 9.90. The zero-order valence-electron chi connectivity index (χ0n) is 16.0. The third-order valence-corrected chi connectivity index (χ3v) is 4.98. The zero-order valence-corrected chi connectivity index (χ0v) is 16.0. The van der Waals surface area contributed by atoms with Crippen LogP contribution in [0.25, 0.3) is 0 Å². The Bertz CT molecular complexity index is 696. The number of carbonyl (C=O) groups excluding carboxylic acids is 2. The third-order valence-electron chi connectivity index (χ3n) is 4.98. The van der Waals surface area contributed by atoms with Gasteiger partial charge in [0.2, 0.25) is 18.6 Å². The number of piperidine rings is 1. The van der Waals surface area contributed by atoms with Crippen molar-refractivity contribution in [3.63, 3.8) is 0 Å². The van der Waals surface area contributed by atoms with Gasteiger partial charge in [-0.2, -0.15) is 0 Å². The maximum Gasteiger partial charge on any atom is 0.231 e. The summed E-state index contributed by atoms with van der Waals surface area (Å²) in [7, 11) is 0. The largest absolute Gasteiger partial charge is 0.454 e. The predicted octanol–water partition coefficient (Wildman–Crippen LogP) is 2.88. The van der Waals surface area contributed by atoms with Crippen molar-refractivity contribution in [3.8, 4) is 11.5 Å². The number of amides is 2. The molecule has 3 rings (SSSR count). The van der Waals surface area contributed by atoms with Crippen molar-refractivity contribution in [2.24, 2.45) is 11.3 Å². The van der Waals surface area contributed by atoms with E-state index < -0.39 is 5.41 Å². The van der Waals surface area contributed by atoms with E-state index in [2.05, 4.69) is 5.32 Å². The van der Waals surface area contributed by atoms with Gasteiger partial charge in [-0.15, -0.1) is 0 Å². The number of likely N-dealkylation sites (tertiary alicyclic amines) is 1. The molecule has 2 aliphatic heterocycles. The lowest BCUT2D eigenvalue weighted by Gasteiger charge is -2.36. The summed E-state index contributed by atoms with van der Waals surface area (Å²) in [6, 6.07) is 5.58. The van der Waals surface area contributed by atoms with Crippen molar-refractivity contribution in [1.29, 1.82) is 0 Å². The number of rotatable bonds is 3. The Hall–Kier alpha value is -2.24. The van der Waals surface area contributed by atoms with E-state index in [1.165, 1.54) is 0 Å². The van der Waals surface area contributed by atoms with Crippen molar-refractivity contribution in [3.05, 3.63) is 23.8 Å². The molecule has 1 saturated heterocycles. The number of carbonyl (C=O) groups is 2. The first-order chi connectivity index (χ1) is 12.3. The van der Waals surface area contributed by atoms with Gasteiger partial charge in [0.1, 0.15) is 0 Å². The molecule has 142 valence electrons. The SMILES string of the molecule is CC(NC(=O)C1CCCN(C(=O)C(C)(C)C)C1)c1ccc2c(c1)OCO2. The van der Waals surface area contributed by atoms with Crippen LogP contribution in [0.3, 0.4) is 0 Å². The van der Waals surface area contributed by atoms with E-state index in [1.54, 1.807) is 0 Å². The summed E-state index contributed by atoms with van der Waals surface area (Å²) < 4.78 is 10.7. The van der Waals surface area contributed by atoms with Crippen LogP contribution in [-0.4, -0.2) is 36.6 Å². The fourth-order valence-corrected chi connectivity index (χ4v) is 3.45. The summed E-state index contributed by atoms with van der Waals surface area (Å²) in [6.45, 7) is 9.17. The lowest BCUT2D eigenvalue weighted by molar-refractivity contribution is -0.142. The average Bonchev–Trinajstić information content (AvgIpc) is 3.08. The first-order valence-corrected chi connectivity index (χ1v) is 9.25. The molecule has 0 spiro atoms. The van der Waals surface area contributed by atoms with Crippen LogP contribution in [0.4, 0.5) is 0 Å². The van der Waals surface area contributed by atoms with Gasteiger partial charge in [-0.25, -0.2) is 0 Å². The number of hydrogen-bond acceptors (Lipinski definition) is 4. The van der Waals surface area contributed by atoms with Crippen molar-refractivity contribution in [1.82, 2.24) is 10.2 Å². The molecular weight excluding hydrogens is 332 g/mol. The highest BCUT2D eigenvalue weighted by atomic mass is 16.7. The second-order valence-electron chi connectivity index (χ2n) is 8.18. The third kappa shape index (κ3) is 3.94. The maximum atomic E-state index is 12.7.